The fraction of sp³-hybridized carbons (Fsp3) is 0.423. The lowest BCUT2D eigenvalue weighted by atomic mass is 9.88. The molecule has 1 unspecified atom stereocenters. The molecule has 7 nitrogen and oxygen atoms in total. The van der Waals surface area contributed by atoms with Crippen molar-refractivity contribution < 1.29 is 23.5 Å². The first kappa shape index (κ1) is 25.2. The van der Waals surface area contributed by atoms with Crippen molar-refractivity contribution in [2.45, 2.75) is 32.7 Å². The highest BCUT2D eigenvalue weighted by molar-refractivity contribution is 5.98. The number of amides is 3. The van der Waals surface area contributed by atoms with E-state index >= 15 is 0 Å². The van der Waals surface area contributed by atoms with Gasteiger partial charge in [0, 0.05) is 30.8 Å². The Morgan fingerprint density at radius 1 is 1.06 bits per heavy atom. The topological polar surface area (TPSA) is 87.7 Å². The molecule has 0 aliphatic carbocycles. The van der Waals surface area contributed by atoms with E-state index in [4.69, 9.17) is 4.74 Å². The number of nitrogens with zero attached hydrogens (tertiary/aromatic N) is 1. The van der Waals surface area contributed by atoms with Crippen LogP contribution in [0.5, 0.6) is 5.75 Å². The highest BCUT2D eigenvalue weighted by Gasteiger charge is 2.34. The molecule has 0 aromatic heterocycles. The Morgan fingerprint density at radius 2 is 1.74 bits per heavy atom. The van der Waals surface area contributed by atoms with E-state index in [-0.39, 0.29) is 29.6 Å². The number of rotatable bonds is 8. The van der Waals surface area contributed by atoms with Crippen molar-refractivity contribution in [3.8, 4) is 5.75 Å². The minimum absolute atomic E-state index is 0.126. The Bertz CT molecular complexity index is 1000. The average molecular weight is 470 g/mol. The number of methoxy groups -OCH3 is 1. The van der Waals surface area contributed by atoms with Crippen molar-refractivity contribution in [1.82, 2.24) is 15.5 Å². The lowest BCUT2D eigenvalue weighted by Gasteiger charge is -2.36. The van der Waals surface area contributed by atoms with Crippen LogP contribution < -0.4 is 15.4 Å². The van der Waals surface area contributed by atoms with Gasteiger partial charge in [0.2, 0.25) is 5.91 Å². The summed E-state index contributed by atoms with van der Waals surface area (Å²) in [7, 11) is 1.53. The summed E-state index contributed by atoms with van der Waals surface area (Å²) in [6.07, 6.45) is 1.12. The molecule has 1 aliphatic rings. The zero-order chi connectivity index (χ0) is 24.7. The number of hydrogen-bond acceptors (Lipinski definition) is 4. The Hall–Kier alpha value is -3.42. The number of carbonyl (C=O) groups excluding carboxylic acids is 3. The van der Waals surface area contributed by atoms with E-state index < -0.39 is 11.9 Å². The van der Waals surface area contributed by atoms with Gasteiger partial charge in [-0.05, 0) is 67.1 Å². The van der Waals surface area contributed by atoms with Crippen molar-refractivity contribution in [2.24, 2.45) is 11.8 Å². The number of likely N-dealkylation sites (tertiary alicyclic amines) is 1. The summed E-state index contributed by atoms with van der Waals surface area (Å²) < 4.78 is 18.4. The summed E-state index contributed by atoms with van der Waals surface area (Å²) in [5, 5.41) is 5.84. The molecular formula is C26H32FN3O4. The molecule has 1 heterocycles. The molecular weight excluding hydrogens is 437 g/mol. The number of benzene rings is 2. The number of ether oxygens (including phenoxy) is 1. The fourth-order valence-electron chi connectivity index (χ4n) is 4.01. The van der Waals surface area contributed by atoms with Gasteiger partial charge in [0.15, 0.2) is 0 Å². The second kappa shape index (κ2) is 11.6. The summed E-state index contributed by atoms with van der Waals surface area (Å²) in [4.78, 5) is 40.5. The lowest BCUT2D eigenvalue weighted by molar-refractivity contribution is -0.124. The molecule has 0 spiro atoms. The molecule has 8 heteroatoms. The van der Waals surface area contributed by atoms with Crippen molar-refractivity contribution in [3.63, 3.8) is 0 Å². The molecule has 0 saturated carbocycles. The molecule has 34 heavy (non-hydrogen) atoms. The van der Waals surface area contributed by atoms with Gasteiger partial charge in [-0.2, -0.15) is 0 Å². The van der Waals surface area contributed by atoms with Gasteiger partial charge >= 0.3 is 0 Å². The van der Waals surface area contributed by atoms with Crippen LogP contribution in [0.2, 0.25) is 0 Å². The van der Waals surface area contributed by atoms with Crippen LogP contribution >= 0.6 is 0 Å². The number of halogens is 1. The first-order valence-electron chi connectivity index (χ1n) is 11.6. The number of carbonyl (C=O) groups is 3. The van der Waals surface area contributed by atoms with E-state index in [2.05, 4.69) is 10.6 Å². The average Bonchev–Trinajstić information content (AvgIpc) is 2.86. The minimum Gasteiger partial charge on any atom is -0.497 e. The molecule has 2 aromatic rings. The molecule has 0 bridgehead atoms. The predicted molar refractivity (Wildman–Crippen MR) is 127 cm³/mol. The molecule has 0 radical (unpaired) electrons. The molecule has 1 fully saturated rings. The van der Waals surface area contributed by atoms with Gasteiger partial charge in [-0.3, -0.25) is 14.4 Å². The maximum absolute atomic E-state index is 13.2. The van der Waals surface area contributed by atoms with E-state index in [0.717, 1.165) is 0 Å². The van der Waals surface area contributed by atoms with Gasteiger partial charge in [-0.15, -0.1) is 0 Å². The Balaban J connectivity index is 1.69. The van der Waals surface area contributed by atoms with E-state index in [1.807, 2.05) is 13.8 Å². The minimum atomic E-state index is -0.722. The third kappa shape index (κ3) is 6.56. The van der Waals surface area contributed by atoms with Crippen LogP contribution in [0, 0.1) is 17.7 Å². The highest BCUT2D eigenvalue weighted by atomic mass is 19.1. The van der Waals surface area contributed by atoms with Gasteiger partial charge in [0.25, 0.3) is 11.8 Å². The van der Waals surface area contributed by atoms with E-state index in [1.165, 1.54) is 31.4 Å². The first-order valence-corrected chi connectivity index (χ1v) is 11.6. The number of hydrogen-bond donors (Lipinski definition) is 2. The zero-order valence-corrected chi connectivity index (χ0v) is 19.8. The molecule has 2 aromatic carbocycles. The third-order valence-electron chi connectivity index (χ3n) is 5.97. The van der Waals surface area contributed by atoms with Gasteiger partial charge in [-0.1, -0.05) is 19.9 Å². The molecule has 1 saturated heterocycles. The molecule has 3 rings (SSSR count). The smallest absolute Gasteiger partial charge is 0.253 e. The third-order valence-corrected chi connectivity index (χ3v) is 5.97. The number of nitrogens with one attached hydrogen (secondary N) is 2. The zero-order valence-electron chi connectivity index (χ0n) is 19.8. The van der Waals surface area contributed by atoms with Crippen LogP contribution in [0.25, 0.3) is 0 Å². The van der Waals surface area contributed by atoms with Crippen molar-refractivity contribution in [1.29, 1.82) is 0 Å². The normalized spacial score (nSPS) is 15.0. The maximum atomic E-state index is 13.2. The number of piperidine rings is 1. The molecule has 182 valence electrons. The Morgan fingerprint density at radius 3 is 2.35 bits per heavy atom. The monoisotopic (exact) mass is 469 g/mol. The lowest BCUT2D eigenvalue weighted by Crippen LogP contribution is -2.54. The maximum Gasteiger partial charge on any atom is 0.253 e. The second-order valence-corrected chi connectivity index (χ2v) is 8.96. The van der Waals surface area contributed by atoms with Gasteiger partial charge in [0.1, 0.15) is 17.6 Å². The van der Waals surface area contributed by atoms with Crippen LogP contribution in [-0.4, -0.2) is 55.4 Å². The Labute approximate surface area is 199 Å². The summed E-state index contributed by atoms with van der Waals surface area (Å²) in [6.45, 7) is 5.41. The van der Waals surface area contributed by atoms with E-state index in [9.17, 15) is 18.8 Å². The largest absolute Gasteiger partial charge is 0.497 e. The quantitative estimate of drug-likeness (QED) is 0.621. The SMILES string of the molecule is COc1cccc(C(=O)NC(C(=O)NCC(C)C)C2CCN(C(=O)c3ccc(F)cc3)CC2)c1. The molecule has 3 amide bonds. The standard InChI is InChI=1S/C26H32FN3O4/c1-17(2)16-28-25(32)23(29-24(31)20-5-4-6-22(15-20)34-3)18-11-13-30(14-12-18)26(33)19-7-9-21(27)10-8-19/h4-10,15,17-18,23H,11-14,16H2,1-3H3,(H,28,32)(H,29,31). The molecule has 2 N–H and O–H groups in total. The van der Waals surface area contributed by atoms with Crippen LogP contribution in [0.15, 0.2) is 48.5 Å². The van der Waals surface area contributed by atoms with Crippen LogP contribution in [0.3, 0.4) is 0 Å². The van der Waals surface area contributed by atoms with Gasteiger partial charge in [0.05, 0.1) is 7.11 Å². The molecule has 1 aliphatic heterocycles. The molecule has 1 atom stereocenters. The van der Waals surface area contributed by atoms with Crippen LogP contribution in [0.1, 0.15) is 47.4 Å². The van der Waals surface area contributed by atoms with Gasteiger partial charge in [-0.25, -0.2) is 4.39 Å². The second-order valence-electron chi connectivity index (χ2n) is 8.96. The highest BCUT2D eigenvalue weighted by Crippen LogP contribution is 2.23. The first-order chi connectivity index (χ1) is 16.3. The van der Waals surface area contributed by atoms with Crippen molar-refractivity contribution in [2.75, 3.05) is 26.7 Å². The van der Waals surface area contributed by atoms with Gasteiger partial charge < -0.3 is 20.3 Å². The summed E-state index contributed by atoms with van der Waals surface area (Å²) in [5.74, 6) is -0.437. The van der Waals surface area contributed by atoms with E-state index in [1.54, 1.807) is 29.2 Å². The summed E-state index contributed by atoms with van der Waals surface area (Å²) in [6, 6.07) is 11.5. The predicted octanol–water partition coefficient (Wildman–Crippen LogP) is 3.26. The van der Waals surface area contributed by atoms with Crippen LogP contribution in [0.4, 0.5) is 4.39 Å². The van der Waals surface area contributed by atoms with Crippen molar-refractivity contribution >= 4 is 17.7 Å². The van der Waals surface area contributed by atoms with E-state index in [0.29, 0.717) is 49.4 Å². The van der Waals surface area contributed by atoms with Crippen molar-refractivity contribution in [3.05, 3.63) is 65.5 Å². The summed E-state index contributed by atoms with van der Waals surface area (Å²) >= 11 is 0. The fourth-order valence-corrected chi connectivity index (χ4v) is 4.01. The summed E-state index contributed by atoms with van der Waals surface area (Å²) in [5.41, 5.74) is 0.835. The Kier molecular flexibility index (Phi) is 8.62. The van der Waals surface area contributed by atoms with Crippen LogP contribution in [-0.2, 0) is 4.79 Å².